The number of benzene rings is 2. The Hall–Kier alpha value is -2.87. The van der Waals surface area contributed by atoms with Crippen molar-refractivity contribution >= 4 is 27.6 Å². The summed E-state index contributed by atoms with van der Waals surface area (Å²) in [5.74, 6) is -1.37. The van der Waals surface area contributed by atoms with Crippen LogP contribution in [-0.4, -0.2) is 33.1 Å². The third-order valence-corrected chi connectivity index (χ3v) is 5.17. The number of anilines is 1. The number of carbonyl (C=O) groups excluding carboxylic acids is 2. The maximum absolute atomic E-state index is 12.5. The number of hydrogen-bond acceptors (Lipinski definition) is 6. The third kappa shape index (κ3) is 4.02. The summed E-state index contributed by atoms with van der Waals surface area (Å²) in [6, 6.07) is 12.4. The van der Waals surface area contributed by atoms with Crippen molar-refractivity contribution in [1.29, 1.82) is 0 Å². The van der Waals surface area contributed by atoms with Crippen LogP contribution in [0.25, 0.3) is 0 Å². The smallest absolute Gasteiger partial charge is 0.347 e. The van der Waals surface area contributed by atoms with Gasteiger partial charge >= 0.3 is 11.9 Å². The number of rotatable bonds is 5. The highest BCUT2D eigenvalue weighted by atomic mass is 32.2. The molecule has 0 amide bonds. The van der Waals surface area contributed by atoms with Crippen molar-refractivity contribution in [3.8, 4) is 0 Å². The predicted molar refractivity (Wildman–Crippen MR) is 93.2 cm³/mol. The van der Waals surface area contributed by atoms with E-state index in [1.165, 1.54) is 24.3 Å². The maximum Gasteiger partial charge on any atom is 0.347 e. The molecule has 3 rings (SSSR count). The lowest BCUT2D eigenvalue weighted by molar-refractivity contribution is -0.145. The fraction of sp³-hybridized carbons (Fsp3) is 0.222. The molecule has 1 N–H and O–H groups in total. The number of esters is 2. The molecule has 0 bridgehead atoms. The standard InChI is InChI=1S/C18H17NO6S/c1-12-4-2-6-14(10-12)19-26(22,23)15-7-3-5-13(11-15)17(20)25-16-8-9-24-18(16)21/h2-7,10-11,16,19H,8-9H2,1H3/t16-/m0/s1. The lowest BCUT2D eigenvalue weighted by atomic mass is 10.2. The number of sulfonamides is 1. The zero-order valence-electron chi connectivity index (χ0n) is 14.0. The fourth-order valence-electron chi connectivity index (χ4n) is 2.49. The summed E-state index contributed by atoms with van der Waals surface area (Å²) >= 11 is 0. The molecule has 1 aliphatic rings. The van der Waals surface area contributed by atoms with Crippen LogP contribution in [0.2, 0.25) is 0 Å². The lowest BCUT2D eigenvalue weighted by Gasteiger charge is -2.11. The Labute approximate surface area is 151 Å². The van der Waals surface area contributed by atoms with Gasteiger partial charge in [0, 0.05) is 12.1 Å². The predicted octanol–water partition coefficient (Wildman–Crippen LogP) is 2.27. The Bertz CT molecular complexity index is 954. The summed E-state index contributed by atoms with van der Waals surface area (Å²) in [5, 5.41) is 0. The van der Waals surface area contributed by atoms with Crippen LogP contribution in [0.1, 0.15) is 22.3 Å². The van der Waals surface area contributed by atoms with E-state index in [1.807, 2.05) is 13.0 Å². The Morgan fingerprint density at radius 1 is 1.19 bits per heavy atom. The van der Waals surface area contributed by atoms with E-state index in [2.05, 4.69) is 4.72 Å². The van der Waals surface area contributed by atoms with Crippen molar-refractivity contribution in [1.82, 2.24) is 0 Å². The van der Waals surface area contributed by atoms with Crippen LogP contribution in [0, 0.1) is 6.92 Å². The molecular formula is C18H17NO6S. The van der Waals surface area contributed by atoms with Crippen molar-refractivity contribution in [3.05, 3.63) is 59.7 Å². The zero-order chi connectivity index (χ0) is 18.7. The average molecular weight is 375 g/mol. The molecule has 1 heterocycles. The van der Waals surface area contributed by atoms with Crippen molar-refractivity contribution in [2.24, 2.45) is 0 Å². The van der Waals surface area contributed by atoms with Crippen LogP contribution >= 0.6 is 0 Å². The van der Waals surface area contributed by atoms with Gasteiger partial charge in [0.25, 0.3) is 10.0 Å². The topological polar surface area (TPSA) is 98.8 Å². The van der Waals surface area contributed by atoms with Crippen LogP contribution in [-0.2, 0) is 24.3 Å². The SMILES string of the molecule is Cc1cccc(NS(=O)(=O)c2cccc(C(=O)O[C@H]3CCOC3=O)c2)c1. The first-order valence-corrected chi connectivity index (χ1v) is 9.41. The summed E-state index contributed by atoms with van der Waals surface area (Å²) in [7, 11) is -3.87. The molecule has 0 spiro atoms. The van der Waals surface area contributed by atoms with E-state index in [4.69, 9.17) is 9.47 Å². The largest absolute Gasteiger partial charge is 0.463 e. The monoisotopic (exact) mass is 375 g/mol. The highest BCUT2D eigenvalue weighted by molar-refractivity contribution is 7.92. The van der Waals surface area contributed by atoms with Gasteiger partial charge in [-0.05, 0) is 42.8 Å². The maximum atomic E-state index is 12.5. The Balaban J connectivity index is 1.79. The van der Waals surface area contributed by atoms with E-state index in [9.17, 15) is 18.0 Å². The molecule has 0 unspecified atom stereocenters. The molecular weight excluding hydrogens is 358 g/mol. The van der Waals surface area contributed by atoms with Crippen LogP contribution in [0.3, 0.4) is 0 Å². The van der Waals surface area contributed by atoms with Crippen molar-refractivity contribution < 1.29 is 27.5 Å². The van der Waals surface area contributed by atoms with Gasteiger partial charge in [0.2, 0.25) is 6.10 Å². The quantitative estimate of drug-likeness (QED) is 0.805. The number of ether oxygens (including phenoxy) is 2. The Morgan fingerprint density at radius 3 is 2.65 bits per heavy atom. The molecule has 0 saturated carbocycles. The van der Waals surface area contributed by atoms with E-state index in [0.717, 1.165) is 5.56 Å². The summed E-state index contributed by atoms with van der Waals surface area (Å²) in [5.41, 5.74) is 1.37. The molecule has 136 valence electrons. The van der Waals surface area contributed by atoms with Crippen LogP contribution in [0.5, 0.6) is 0 Å². The lowest BCUT2D eigenvalue weighted by Crippen LogP contribution is -2.23. The zero-order valence-corrected chi connectivity index (χ0v) is 14.8. The van der Waals surface area contributed by atoms with Crippen LogP contribution in [0.4, 0.5) is 5.69 Å². The molecule has 1 atom stereocenters. The molecule has 7 nitrogen and oxygen atoms in total. The van der Waals surface area contributed by atoms with Gasteiger partial charge in [-0.1, -0.05) is 18.2 Å². The minimum atomic E-state index is -3.87. The van der Waals surface area contributed by atoms with E-state index < -0.39 is 28.1 Å². The molecule has 1 aliphatic heterocycles. The van der Waals surface area contributed by atoms with Crippen molar-refractivity contribution in [3.63, 3.8) is 0 Å². The second-order valence-electron chi connectivity index (χ2n) is 5.85. The van der Waals surface area contributed by atoms with Gasteiger partial charge in [-0.25, -0.2) is 18.0 Å². The number of hydrogen-bond donors (Lipinski definition) is 1. The molecule has 2 aromatic rings. The first-order valence-electron chi connectivity index (χ1n) is 7.92. The van der Waals surface area contributed by atoms with E-state index in [-0.39, 0.29) is 23.5 Å². The summed E-state index contributed by atoms with van der Waals surface area (Å²) in [6.45, 7) is 2.05. The molecule has 1 saturated heterocycles. The number of aryl methyl sites for hydroxylation is 1. The average Bonchev–Trinajstić information content (AvgIpc) is 2.99. The molecule has 2 aromatic carbocycles. The number of carbonyl (C=O) groups is 2. The number of nitrogens with one attached hydrogen (secondary N) is 1. The molecule has 8 heteroatoms. The highest BCUT2D eigenvalue weighted by Crippen LogP contribution is 2.19. The van der Waals surface area contributed by atoms with Gasteiger partial charge in [-0.3, -0.25) is 4.72 Å². The highest BCUT2D eigenvalue weighted by Gasteiger charge is 2.30. The van der Waals surface area contributed by atoms with E-state index >= 15 is 0 Å². The molecule has 26 heavy (non-hydrogen) atoms. The first kappa shape index (κ1) is 17.9. The van der Waals surface area contributed by atoms with Crippen molar-refractivity contribution in [2.75, 3.05) is 11.3 Å². The van der Waals surface area contributed by atoms with E-state index in [1.54, 1.807) is 18.2 Å². The molecule has 0 aliphatic carbocycles. The fourth-order valence-corrected chi connectivity index (χ4v) is 3.59. The molecule has 1 fully saturated rings. The van der Waals surface area contributed by atoms with E-state index in [0.29, 0.717) is 5.69 Å². The third-order valence-electron chi connectivity index (χ3n) is 3.79. The van der Waals surface area contributed by atoms with Gasteiger partial charge in [0.15, 0.2) is 0 Å². The second-order valence-corrected chi connectivity index (χ2v) is 7.54. The van der Waals surface area contributed by atoms with Crippen molar-refractivity contribution in [2.45, 2.75) is 24.3 Å². The Morgan fingerprint density at radius 2 is 1.96 bits per heavy atom. The second kappa shape index (κ2) is 7.17. The van der Waals surface area contributed by atoms with Gasteiger partial charge in [-0.15, -0.1) is 0 Å². The molecule has 0 aromatic heterocycles. The minimum absolute atomic E-state index is 0.0387. The van der Waals surface area contributed by atoms with Gasteiger partial charge in [0.05, 0.1) is 17.1 Å². The Kier molecular flexibility index (Phi) is 4.94. The molecule has 0 radical (unpaired) electrons. The van der Waals surface area contributed by atoms with Gasteiger partial charge in [0.1, 0.15) is 0 Å². The van der Waals surface area contributed by atoms with Gasteiger partial charge in [-0.2, -0.15) is 0 Å². The summed E-state index contributed by atoms with van der Waals surface area (Å²) < 4.78 is 37.4. The van der Waals surface area contributed by atoms with Crippen LogP contribution in [0.15, 0.2) is 53.4 Å². The minimum Gasteiger partial charge on any atom is -0.463 e. The van der Waals surface area contributed by atoms with Gasteiger partial charge < -0.3 is 9.47 Å². The normalized spacial score (nSPS) is 16.8. The summed E-state index contributed by atoms with van der Waals surface area (Å²) in [4.78, 5) is 23.5. The number of cyclic esters (lactones) is 1. The summed E-state index contributed by atoms with van der Waals surface area (Å²) in [6.07, 6.45) is -0.662. The van der Waals surface area contributed by atoms with Crippen LogP contribution < -0.4 is 4.72 Å². The first-order chi connectivity index (χ1) is 12.3.